The van der Waals surface area contributed by atoms with Gasteiger partial charge in [-0.1, -0.05) is 51.3 Å². The van der Waals surface area contributed by atoms with Crippen molar-refractivity contribution in [1.82, 2.24) is 9.88 Å². The predicted octanol–water partition coefficient (Wildman–Crippen LogP) is 4.91. The van der Waals surface area contributed by atoms with Crippen LogP contribution >= 0.6 is 0 Å². The van der Waals surface area contributed by atoms with Crippen LogP contribution in [-0.4, -0.2) is 23.6 Å². The molecule has 0 radical (unpaired) electrons. The summed E-state index contributed by atoms with van der Waals surface area (Å²) >= 11 is 0. The second-order valence-corrected chi connectivity index (χ2v) is 7.87. The normalized spacial score (nSPS) is 15.1. The van der Waals surface area contributed by atoms with Crippen molar-refractivity contribution in [3.05, 3.63) is 57.8 Å². The molecule has 1 saturated carbocycles. The molecule has 5 heteroatoms. The molecule has 0 amide bonds. The summed E-state index contributed by atoms with van der Waals surface area (Å²) in [7, 11) is 0. The Morgan fingerprint density at radius 1 is 1.28 bits per heavy atom. The van der Waals surface area contributed by atoms with Gasteiger partial charge in [-0.15, -0.1) is 0 Å². The Balaban J connectivity index is 2.10. The number of benzene rings is 1. The fraction of sp³-hybridized carbons (Fsp3) is 0.458. The SMILES string of the molecule is C=C(/N=C\c1c(C)n(C2CCCCC2)c(=O)c2cc(C=O)ccc12)NCCCC. The Bertz CT molecular complexity index is 982. The standard InChI is InChI=1S/C24H31N3O2/c1-4-5-13-25-18(3)26-15-23-17(2)27(20-9-7-6-8-10-20)24(29)22-14-19(16-28)11-12-21(22)23/h11-12,14-16,20,25H,3-10,13H2,1-2H3/b26-15-. The first kappa shape index (κ1) is 21.0. The van der Waals surface area contributed by atoms with Crippen molar-refractivity contribution in [2.75, 3.05) is 6.54 Å². The van der Waals surface area contributed by atoms with E-state index < -0.39 is 0 Å². The molecule has 1 aliphatic carbocycles. The Morgan fingerprint density at radius 2 is 2.03 bits per heavy atom. The molecule has 0 unspecified atom stereocenters. The smallest absolute Gasteiger partial charge is 0.258 e. The second-order valence-electron chi connectivity index (χ2n) is 7.87. The highest BCUT2D eigenvalue weighted by atomic mass is 16.1. The van der Waals surface area contributed by atoms with E-state index in [1.165, 1.54) is 6.42 Å². The van der Waals surface area contributed by atoms with Crippen LogP contribution in [0, 0.1) is 6.92 Å². The maximum atomic E-state index is 13.4. The minimum atomic E-state index is -0.00912. The number of carbonyl (C=O) groups is 1. The van der Waals surface area contributed by atoms with Gasteiger partial charge in [0.15, 0.2) is 0 Å². The van der Waals surface area contributed by atoms with Gasteiger partial charge in [-0.05, 0) is 37.6 Å². The van der Waals surface area contributed by atoms with Gasteiger partial charge in [0.1, 0.15) is 12.1 Å². The third-order valence-electron chi connectivity index (χ3n) is 5.82. The van der Waals surface area contributed by atoms with E-state index in [1.54, 1.807) is 18.3 Å². The molecule has 1 heterocycles. The summed E-state index contributed by atoms with van der Waals surface area (Å²) in [4.78, 5) is 29.2. The molecule has 0 spiro atoms. The van der Waals surface area contributed by atoms with Crippen molar-refractivity contribution in [3.8, 4) is 0 Å². The largest absolute Gasteiger partial charge is 0.371 e. The lowest BCUT2D eigenvalue weighted by Crippen LogP contribution is -2.29. The summed E-state index contributed by atoms with van der Waals surface area (Å²) in [5, 5.41) is 4.63. The van der Waals surface area contributed by atoms with Gasteiger partial charge in [-0.2, -0.15) is 0 Å². The Kier molecular flexibility index (Phi) is 7.02. The molecule has 0 aliphatic heterocycles. The number of fused-ring (bicyclic) bond motifs is 1. The van der Waals surface area contributed by atoms with Gasteiger partial charge in [0.05, 0.1) is 0 Å². The lowest BCUT2D eigenvalue weighted by atomic mass is 9.93. The first-order chi connectivity index (χ1) is 14.1. The van der Waals surface area contributed by atoms with Crippen molar-refractivity contribution in [3.63, 3.8) is 0 Å². The molecular formula is C24H31N3O2. The third-order valence-corrected chi connectivity index (χ3v) is 5.82. The van der Waals surface area contributed by atoms with E-state index in [4.69, 9.17) is 0 Å². The molecule has 5 nitrogen and oxygen atoms in total. The van der Waals surface area contributed by atoms with E-state index in [1.807, 2.05) is 17.6 Å². The maximum Gasteiger partial charge on any atom is 0.258 e. The van der Waals surface area contributed by atoms with E-state index >= 15 is 0 Å². The number of carbonyl (C=O) groups excluding carboxylic acids is 1. The van der Waals surface area contributed by atoms with Crippen LogP contribution in [0.15, 0.2) is 40.4 Å². The molecule has 0 saturated heterocycles. The number of pyridine rings is 1. The van der Waals surface area contributed by atoms with Crippen molar-refractivity contribution >= 4 is 23.3 Å². The second kappa shape index (κ2) is 9.68. The highest BCUT2D eigenvalue weighted by Crippen LogP contribution is 2.30. The maximum absolute atomic E-state index is 13.4. The Hall–Kier alpha value is -2.69. The monoisotopic (exact) mass is 393 g/mol. The first-order valence-electron chi connectivity index (χ1n) is 10.7. The molecule has 1 aromatic carbocycles. The minimum absolute atomic E-state index is 0.00912. The summed E-state index contributed by atoms with van der Waals surface area (Å²) < 4.78 is 1.94. The molecule has 1 aliphatic rings. The van der Waals surface area contributed by atoms with E-state index in [0.29, 0.717) is 16.8 Å². The molecule has 29 heavy (non-hydrogen) atoms. The van der Waals surface area contributed by atoms with Crippen LogP contribution < -0.4 is 10.9 Å². The zero-order valence-corrected chi connectivity index (χ0v) is 17.5. The third kappa shape index (κ3) is 4.66. The van der Waals surface area contributed by atoms with Gasteiger partial charge in [0, 0.05) is 41.0 Å². The molecule has 1 fully saturated rings. The van der Waals surface area contributed by atoms with Crippen molar-refractivity contribution in [2.45, 2.75) is 64.8 Å². The number of aliphatic imine (C=N–C) groups is 1. The number of aldehydes is 1. The first-order valence-corrected chi connectivity index (χ1v) is 10.7. The Morgan fingerprint density at radius 3 is 2.72 bits per heavy atom. The van der Waals surface area contributed by atoms with Crippen molar-refractivity contribution in [2.24, 2.45) is 4.99 Å². The van der Waals surface area contributed by atoms with Crippen molar-refractivity contribution < 1.29 is 4.79 Å². The molecule has 3 rings (SSSR count). The molecule has 0 bridgehead atoms. The fourth-order valence-corrected chi connectivity index (χ4v) is 4.19. The van der Waals surface area contributed by atoms with Gasteiger partial charge in [0.2, 0.25) is 0 Å². The molecule has 2 aromatic rings. The minimum Gasteiger partial charge on any atom is -0.371 e. The van der Waals surface area contributed by atoms with E-state index in [-0.39, 0.29) is 11.6 Å². The summed E-state index contributed by atoms with van der Waals surface area (Å²) in [6.45, 7) is 8.97. The fourth-order valence-electron chi connectivity index (χ4n) is 4.19. The van der Waals surface area contributed by atoms with Crippen molar-refractivity contribution in [1.29, 1.82) is 0 Å². The lowest BCUT2D eigenvalue weighted by Gasteiger charge is -2.27. The van der Waals surface area contributed by atoms with Crippen LogP contribution in [0.2, 0.25) is 0 Å². The number of hydrogen-bond donors (Lipinski definition) is 1. The number of unbranched alkanes of at least 4 members (excludes halogenated alkanes) is 1. The predicted molar refractivity (Wildman–Crippen MR) is 120 cm³/mol. The quantitative estimate of drug-likeness (QED) is 0.394. The van der Waals surface area contributed by atoms with Crippen LogP contribution in [0.5, 0.6) is 0 Å². The van der Waals surface area contributed by atoms with Gasteiger partial charge in [0.25, 0.3) is 5.56 Å². The number of hydrogen-bond acceptors (Lipinski definition) is 4. The van der Waals surface area contributed by atoms with Crippen LogP contribution in [0.3, 0.4) is 0 Å². The molecule has 1 aromatic heterocycles. The van der Waals surface area contributed by atoms with Crippen LogP contribution in [0.4, 0.5) is 0 Å². The van der Waals surface area contributed by atoms with E-state index in [9.17, 15) is 9.59 Å². The van der Waals surface area contributed by atoms with Gasteiger partial charge in [-0.25, -0.2) is 4.99 Å². The topological polar surface area (TPSA) is 63.5 Å². The summed E-state index contributed by atoms with van der Waals surface area (Å²) in [5.74, 6) is 0.617. The zero-order valence-electron chi connectivity index (χ0n) is 17.5. The summed E-state index contributed by atoms with van der Waals surface area (Å²) in [5.41, 5.74) is 2.35. The van der Waals surface area contributed by atoms with Gasteiger partial charge < -0.3 is 9.88 Å². The van der Waals surface area contributed by atoms with E-state index in [2.05, 4.69) is 23.8 Å². The van der Waals surface area contributed by atoms with Crippen LogP contribution in [0.1, 0.15) is 79.5 Å². The number of aromatic nitrogens is 1. The number of nitrogens with one attached hydrogen (secondary N) is 1. The summed E-state index contributed by atoms with van der Waals surface area (Å²) in [6, 6.07) is 5.52. The van der Waals surface area contributed by atoms with Gasteiger partial charge >= 0.3 is 0 Å². The highest BCUT2D eigenvalue weighted by Gasteiger charge is 2.21. The molecule has 1 N–H and O–H groups in total. The van der Waals surface area contributed by atoms with Crippen LogP contribution in [-0.2, 0) is 0 Å². The summed E-state index contributed by atoms with van der Waals surface area (Å²) in [6.07, 6.45) is 10.3. The van der Waals surface area contributed by atoms with E-state index in [0.717, 1.165) is 68.0 Å². The van der Waals surface area contributed by atoms with Crippen LogP contribution in [0.25, 0.3) is 10.8 Å². The molecule has 154 valence electrons. The van der Waals surface area contributed by atoms with Gasteiger partial charge in [-0.3, -0.25) is 9.59 Å². The number of nitrogens with zero attached hydrogens (tertiary/aromatic N) is 2. The zero-order chi connectivity index (χ0) is 20.8. The lowest BCUT2D eigenvalue weighted by molar-refractivity contribution is 0.112. The number of rotatable bonds is 8. The highest BCUT2D eigenvalue weighted by molar-refractivity contribution is 6.02. The molecule has 0 atom stereocenters. The Labute approximate surface area is 172 Å². The molecular weight excluding hydrogens is 362 g/mol. The average molecular weight is 394 g/mol. The average Bonchev–Trinajstić information content (AvgIpc) is 2.74.